The summed E-state index contributed by atoms with van der Waals surface area (Å²) in [7, 11) is 0. The number of nitrogens with one attached hydrogen (secondary N) is 2. The van der Waals surface area contributed by atoms with Gasteiger partial charge in [0.25, 0.3) is 0 Å². The maximum Gasteiger partial charge on any atom is 0.135 e. The average Bonchev–Trinajstić information content (AvgIpc) is 3.52. The molecule has 1 aliphatic heterocycles. The summed E-state index contributed by atoms with van der Waals surface area (Å²) in [6, 6.07) is 10.3. The van der Waals surface area contributed by atoms with E-state index in [1.54, 1.807) is 6.20 Å². The summed E-state index contributed by atoms with van der Waals surface area (Å²) in [6.45, 7) is 3.29. The molecular weight excluding hydrogens is 374 g/mol. The molecule has 1 fully saturated rings. The molecule has 0 unspecified atom stereocenters. The van der Waals surface area contributed by atoms with Crippen LogP contribution in [0.5, 0.6) is 0 Å². The molecule has 148 valence electrons. The number of nitrogens with zero attached hydrogens (tertiary/aromatic N) is 5. The molecule has 6 heterocycles. The lowest BCUT2D eigenvalue weighted by Gasteiger charge is -2.14. The van der Waals surface area contributed by atoms with Crippen molar-refractivity contribution in [2.75, 3.05) is 13.1 Å². The molecule has 0 spiro atoms. The Kier molecular flexibility index (Phi) is 4.06. The van der Waals surface area contributed by atoms with Gasteiger partial charge in [-0.1, -0.05) is 0 Å². The molecule has 0 amide bonds. The maximum absolute atomic E-state index is 4.94. The van der Waals surface area contributed by atoms with Crippen LogP contribution in [0.1, 0.15) is 18.4 Å². The van der Waals surface area contributed by atoms with E-state index in [1.807, 2.05) is 36.8 Å². The van der Waals surface area contributed by atoms with Crippen molar-refractivity contribution in [1.82, 2.24) is 35.0 Å². The monoisotopic (exact) mass is 395 g/mol. The van der Waals surface area contributed by atoms with Gasteiger partial charge < -0.3 is 4.98 Å². The maximum atomic E-state index is 4.94. The van der Waals surface area contributed by atoms with Crippen molar-refractivity contribution in [2.45, 2.75) is 19.4 Å². The normalized spacial score (nSPS) is 14.8. The standard InChI is InChI=1S/C23H21N7/c1-2-8-30(7-1)14-15-9-17(12-25-11-15)18-3-4-19-22(27-18)23(29-28-19)20-10-16-5-6-24-13-21(16)26-20/h3-6,9-13,26H,1-2,7-8,14H2,(H,28,29). The summed E-state index contributed by atoms with van der Waals surface area (Å²) in [4.78, 5) is 19.5. The van der Waals surface area contributed by atoms with Crippen LogP contribution in [-0.4, -0.2) is 48.1 Å². The molecule has 2 N–H and O–H groups in total. The van der Waals surface area contributed by atoms with E-state index in [-0.39, 0.29) is 0 Å². The molecule has 0 radical (unpaired) electrons. The van der Waals surface area contributed by atoms with Gasteiger partial charge in [-0.05, 0) is 61.8 Å². The number of hydrogen-bond donors (Lipinski definition) is 2. The van der Waals surface area contributed by atoms with E-state index in [9.17, 15) is 0 Å². The van der Waals surface area contributed by atoms with Crippen LogP contribution in [0.3, 0.4) is 0 Å². The highest BCUT2D eigenvalue weighted by molar-refractivity contribution is 5.94. The fourth-order valence-electron chi connectivity index (χ4n) is 4.26. The molecule has 5 aromatic rings. The highest BCUT2D eigenvalue weighted by atomic mass is 15.1. The quantitative estimate of drug-likeness (QED) is 0.477. The number of H-pyrrole nitrogens is 2. The minimum atomic E-state index is 0.809. The molecule has 7 nitrogen and oxygen atoms in total. The van der Waals surface area contributed by atoms with E-state index in [0.717, 1.165) is 51.1 Å². The van der Waals surface area contributed by atoms with Gasteiger partial charge in [0.15, 0.2) is 0 Å². The number of aromatic amines is 2. The summed E-state index contributed by atoms with van der Waals surface area (Å²) in [5, 5.41) is 8.72. The van der Waals surface area contributed by atoms with Crippen molar-refractivity contribution in [1.29, 1.82) is 0 Å². The van der Waals surface area contributed by atoms with Gasteiger partial charge in [0.1, 0.15) is 11.2 Å². The third-order valence-corrected chi connectivity index (χ3v) is 5.78. The van der Waals surface area contributed by atoms with Gasteiger partial charge in [-0.15, -0.1) is 0 Å². The summed E-state index contributed by atoms with van der Waals surface area (Å²) in [5.41, 5.74) is 7.63. The van der Waals surface area contributed by atoms with Crippen LogP contribution in [0.25, 0.3) is 44.6 Å². The zero-order chi connectivity index (χ0) is 19.9. The van der Waals surface area contributed by atoms with Crippen LogP contribution in [0.2, 0.25) is 0 Å². The number of likely N-dealkylation sites (tertiary alicyclic amines) is 1. The van der Waals surface area contributed by atoms with Crippen molar-refractivity contribution < 1.29 is 0 Å². The Bertz CT molecular complexity index is 1310. The molecular formula is C23H21N7. The minimum Gasteiger partial charge on any atom is -0.352 e. The first-order valence-corrected chi connectivity index (χ1v) is 10.3. The molecule has 30 heavy (non-hydrogen) atoms. The van der Waals surface area contributed by atoms with Crippen molar-refractivity contribution >= 4 is 21.9 Å². The fraction of sp³-hybridized carbons (Fsp3) is 0.217. The second-order valence-electron chi connectivity index (χ2n) is 7.88. The number of hydrogen-bond acceptors (Lipinski definition) is 5. The molecule has 1 aliphatic rings. The van der Waals surface area contributed by atoms with Gasteiger partial charge in [0.05, 0.1) is 28.6 Å². The first kappa shape index (κ1) is 17.3. The molecule has 0 aromatic carbocycles. The lowest BCUT2D eigenvalue weighted by molar-refractivity contribution is 0.331. The molecule has 0 saturated carbocycles. The first-order valence-electron chi connectivity index (χ1n) is 10.3. The molecule has 5 aromatic heterocycles. The van der Waals surface area contributed by atoms with Crippen LogP contribution in [0.15, 0.2) is 55.1 Å². The van der Waals surface area contributed by atoms with Gasteiger partial charge in [-0.3, -0.25) is 20.0 Å². The third-order valence-electron chi connectivity index (χ3n) is 5.78. The molecule has 6 rings (SSSR count). The third kappa shape index (κ3) is 3.04. The molecule has 0 aliphatic carbocycles. The number of fused-ring (bicyclic) bond motifs is 2. The van der Waals surface area contributed by atoms with E-state index in [1.165, 1.54) is 31.5 Å². The Morgan fingerprint density at radius 3 is 2.77 bits per heavy atom. The van der Waals surface area contributed by atoms with Crippen molar-refractivity contribution in [3.8, 4) is 22.6 Å². The van der Waals surface area contributed by atoms with Gasteiger partial charge in [0.2, 0.25) is 0 Å². The Balaban J connectivity index is 1.39. The molecule has 7 heteroatoms. The van der Waals surface area contributed by atoms with Gasteiger partial charge in [0, 0.05) is 36.1 Å². The number of pyridine rings is 3. The van der Waals surface area contributed by atoms with Crippen LogP contribution < -0.4 is 0 Å². The van der Waals surface area contributed by atoms with Crippen LogP contribution in [-0.2, 0) is 6.54 Å². The van der Waals surface area contributed by atoms with Crippen LogP contribution in [0.4, 0.5) is 0 Å². The number of aromatic nitrogens is 6. The van der Waals surface area contributed by atoms with Crippen molar-refractivity contribution in [3.05, 3.63) is 60.7 Å². The smallest absolute Gasteiger partial charge is 0.135 e. The summed E-state index contributed by atoms with van der Waals surface area (Å²) in [6.07, 6.45) is 10.0. The average molecular weight is 395 g/mol. The lowest BCUT2D eigenvalue weighted by atomic mass is 10.1. The summed E-state index contributed by atoms with van der Waals surface area (Å²) >= 11 is 0. The zero-order valence-corrected chi connectivity index (χ0v) is 16.5. The zero-order valence-electron chi connectivity index (χ0n) is 16.5. The van der Waals surface area contributed by atoms with Gasteiger partial charge in [-0.2, -0.15) is 5.10 Å². The van der Waals surface area contributed by atoms with E-state index >= 15 is 0 Å². The highest BCUT2D eigenvalue weighted by Crippen LogP contribution is 2.29. The van der Waals surface area contributed by atoms with E-state index in [2.05, 4.69) is 42.2 Å². The minimum absolute atomic E-state index is 0.809. The van der Waals surface area contributed by atoms with Crippen LogP contribution in [0, 0.1) is 0 Å². The van der Waals surface area contributed by atoms with E-state index in [4.69, 9.17) is 4.98 Å². The van der Waals surface area contributed by atoms with Crippen LogP contribution >= 0.6 is 0 Å². The molecule has 0 atom stereocenters. The topological polar surface area (TPSA) is 86.4 Å². The largest absolute Gasteiger partial charge is 0.352 e. The highest BCUT2D eigenvalue weighted by Gasteiger charge is 2.15. The number of rotatable bonds is 4. The second-order valence-corrected chi connectivity index (χ2v) is 7.88. The van der Waals surface area contributed by atoms with Crippen molar-refractivity contribution in [2.24, 2.45) is 0 Å². The Morgan fingerprint density at radius 2 is 1.87 bits per heavy atom. The van der Waals surface area contributed by atoms with E-state index < -0.39 is 0 Å². The Hall–Kier alpha value is -3.58. The second kappa shape index (κ2) is 7.03. The molecule has 1 saturated heterocycles. The predicted molar refractivity (Wildman–Crippen MR) is 117 cm³/mol. The Morgan fingerprint density at radius 1 is 0.933 bits per heavy atom. The predicted octanol–water partition coefficient (Wildman–Crippen LogP) is 4.16. The summed E-state index contributed by atoms with van der Waals surface area (Å²) in [5.74, 6) is 0. The lowest BCUT2D eigenvalue weighted by Crippen LogP contribution is -2.18. The Labute approximate surface area is 173 Å². The van der Waals surface area contributed by atoms with Crippen molar-refractivity contribution in [3.63, 3.8) is 0 Å². The van der Waals surface area contributed by atoms with E-state index in [0.29, 0.717) is 0 Å². The van der Waals surface area contributed by atoms with Gasteiger partial charge in [-0.25, -0.2) is 4.98 Å². The van der Waals surface area contributed by atoms with Gasteiger partial charge >= 0.3 is 0 Å². The first-order chi connectivity index (χ1) is 14.8. The fourth-order valence-corrected chi connectivity index (χ4v) is 4.26. The summed E-state index contributed by atoms with van der Waals surface area (Å²) < 4.78 is 0. The molecule has 0 bridgehead atoms. The SMILES string of the molecule is c1cc2cc(-c3n[nH]c4ccc(-c5cncc(CN6CCCC6)c5)nc34)[nH]c2cn1.